The van der Waals surface area contributed by atoms with Gasteiger partial charge in [-0.2, -0.15) is 0 Å². The highest BCUT2D eigenvalue weighted by Gasteiger charge is 2.25. The SMILES string of the molecule is COc1cccc(CC(=O)N2CCN(C(=O)Oc3ccccc3)CC2)c1. The van der Waals surface area contributed by atoms with Crippen molar-refractivity contribution in [1.82, 2.24) is 9.80 Å². The van der Waals surface area contributed by atoms with Gasteiger partial charge in [0.2, 0.25) is 5.91 Å². The highest BCUT2D eigenvalue weighted by Crippen LogP contribution is 2.15. The van der Waals surface area contributed by atoms with Crippen LogP contribution in [0.5, 0.6) is 11.5 Å². The predicted molar refractivity (Wildman–Crippen MR) is 97.3 cm³/mol. The Balaban J connectivity index is 1.49. The first-order chi connectivity index (χ1) is 12.7. The summed E-state index contributed by atoms with van der Waals surface area (Å²) in [5, 5.41) is 0. The van der Waals surface area contributed by atoms with Crippen molar-refractivity contribution >= 4 is 12.0 Å². The van der Waals surface area contributed by atoms with Gasteiger partial charge in [-0.3, -0.25) is 4.79 Å². The Morgan fingerprint density at radius 1 is 0.885 bits per heavy atom. The van der Waals surface area contributed by atoms with E-state index in [1.54, 1.807) is 29.0 Å². The van der Waals surface area contributed by atoms with Crippen LogP contribution in [0.15, 0.2) is 54.6 Å². The maximum atomic E-state index is 12.5. The van der Waals surface area contributed by atoms with Crippen molar-refractivity contribution in [1.29, 1.82) is 0 Å². The standard InChI is InChI=1S/C20H22N2O4/c1-25-18-9-5-6-16(14-18)15-19(23)21-10-12-22(13-11-21)20(24)26-17-7-3-2-4-8-17/h2-9,14H,10-13,15H2,1H3. The Morgan fingerprint density at radius 2 is 1.54 bits per heavy atom. The number of hydrogen-bond donors (Lipinski definition) is 0. The van der Waals surface area contributed by atoms with Crippen LogP contribution in [0.3, 0.4) is 0 Å². The van der Waals surface area contributed by atoms with Gasteiger partial charge < -0.3 is 19.3 Å². The minimum Gasteiger partial charge on any atom is -0.497 e. The number of hydrogen-bond acceptors (Lipinski definition) is 4. The highest BCUT2D eigenvalue weighted by atomic mass is 16.6. The van der Waals surface area contributed by atoms with Crippen molar-refractivity contribution in [3.8, 4) is 11.5 Å². The molecule has 1 fully saturated rings. The van der Waals surface area contributed by atoms with E-state index in [2.05, 4.69) is 0 Å². The lowest BCUT2D eigenvalue weighted by atomic mass is 10.1. The average Bonchev–Trinajstić information content (AvgIpc) is 2.69. The molecule has 0 atom stereocenters. The van der Waals surface area contributed by atoms with E-state index >= 15 is 0 Å². The molecule has 0 saturated carbocycles. The molecule has 2 aromatic rings. The van der Waals surface area contributed by atoms with Crippen molar-refractivity contribution in [2.45, 2.75) is 6.42 Å². The van der Waals surface area contributed by atoms with Gasteiger partial charge in [0.15, 0.2) is 0 Å². The Morgan fingerprint density at radius 3 is 2.23 bits per heavy atom. The zero-order valence-electron chi connectivity index (χ0n) is 14.8. The van der Waals surface area contributed by atoms with Crippen LogP contribution in [0.1, 0.15) is 5.56 Å². The quantitative estimate of drug-likeness (QED) is 0.847. The molecule has 0 radical (unpaired) electrons. The Labute approximate surface area is 152 Å². The van der Waals surface area contributed by atoms with Crippen LogP contribution in [0.4, 0.5) is 4.79 Å². The molecule has 2 aromatic carbocycles. The van der Waals surface area contributed by atoms with Crippen LogP contribution < -0.4 is 9.47 Å². The highest BCUT2D eigenvalue weighted by molar-refractivity contribution is 5.79. The molecule has 3 rings (SSSR count). The number of piperazine rings is 1. The summed E-state index contributed by atoms with van der Waals surface area (Å²) in [7, 11) is 1.61. The van der Waals surface area contributed by atoms with Gasteiger partial charge in [-0.1, -0.05) is 30.3 Å². The van der Waals surface area contributed by atoms with Crippen molar-refractivity contribution in [3.05, 3.63) is 60.2 Å². The van der Waals surface area contributed by atoms with Crippen LogP contribution in [0, 0.1) is 0 Å². The molecule has 0 aliphatic carbocycles. The molecule has 1 aliphatic rings. The van der Waals surface area contributed by atoms with Crippen molar-refractivity contribution < 1.29 is 19.1 Å². The van der Waals surface area contributed by atoms with E-state index in [1.807, 2.05) is 42.5 Å². The van der Waals surface area contributed by atoms with Crippen molar-refractivity contribution in [2.75, 3.05) is 33.3 Å². The number of benzene rings is 2. The zero-order valence-corrected chi connectivity index (χ0v) is 14.8. The maximum Gasteiger partial charge on any atom is 0.415 e. The molecular formula is C20H22N2O4. The van der Waals surface area contributed by atoms with E-state index < -0.39 is 0 Å². The molecule has 0 aromatic heterocycles. The monoisotopic (exact) mass is 354 g/mol. The average molecular weight is 354 g/mol. The minimum atomic E-state index is -0.379. The molecule has 6 nitrogen and oxygen atoms in total. The molecule has 26 heavy (non-hydrogen) atoms. The smallest absolute Gasteiger partial charge is 0.415 e. The normalized spacial score (nSPS) is 14.0. The summed E-state index contributed by atoms with van der Waals surface area (Å²) in [5.74, 6) is 1.31. The van der Waals surface area contributed by atoms with Crippen molar-refractivity contribution in [2.24, 2.45) is 0 Å². The van der Waals surface area contributed by atoms with Crippen LogP contribution >= 0.6 is 0 Å². The second-order valence-electron chi connectivity index (χ2n) is 6.08. The van der Waals surface area contributed by atoms with Crippen molar-refractivity contribution in [3.63, 3.8) is 0 Å². The number of nitrogens with zero attached hydrogens (tertiary/aromatic N) is 2. The summed E-state index contributed by atoms with van der Waals surface area (Å²) in [4.78, 5) is 28.1. The van der Waals surface area contributed by atoms with Gasteiger partial charge in [0, 0.05) is 26.2 Å². The lowest BCUT2D eigenvalue weighted by Gasteiger charge is -2.34. The summed E-state index contributed by atoms with van der Waals surface area (Å²) < 4.78 is 10.5. The van der Waals surface area contributed by atoms with Crippen LogP contribution in [0.25, 0.3) is 0 Å². The van der Waals surface area contributed by atoms with Gasteiger partial charge in [0.05, 0.1) is 13.5 Å². The predicted octanol–water partition coefficient (Wildman–Crippen LogP) is 2.58. The maximum absolute atomic E-state index is 12.5. The van der Waals surface area contributed by atoms with Crippen LogP contribution in [-0.2, 0) is 11.2 Å². The lowest BCUT2D eigenvalue weighted by Crippen LogP contribution is -2.51. The fourth-order valence-corrected chi connectivity index (χ4v) is 2.86. The molecule has 6 heteroatoms. The van der Waals surface area contributed by atoms with E-state index in [-0.39, 0.29) is 12.0 Å². The summed E-state index contributed by atoms with van der Waals surface area (Å²) in [6.45, 7) is 1.95. The number of carbonyl (C=O) groups is 2. The zero-order chi connectivity index (χ0) is 18.4. The first-order valence-corrected chi connectivity index (χ1v) is 8.58. The second kappa shape index (κ2) is 8.38. The van der Waals surface area contributed by atoms with E-state index in [9.17, 15) is 9.59 Å². The van der Waals surface area contributed by atoms with Gasteiger partial charge in [-0.15, -0.1) is 0 Å². The largest absolute Gasteiger partial charge is 0.497 e. The van der Waals surface area contributed by atoms with Gasteiger partial charge >= 0.3 is 6.09 Å². The summed E-state index contributed by atoms with van der Waals surface area (Å²) >= 11 is 0. The summed E-state index contributed by atoms with van der Waals surface area (Å²) in [6, 6.07) is 16.5. The number of carbonyl (C=O) groups excluding carboxylic acids is 2. The van der Waals surface area contributed by atoms with E-state index in [1.165, 1.54) is 0 Å². The lowest BCUT2D eigenvalue weighted by molar-refractivity contribution is -0.132. The molecule has 0 unspecified atom stereocenters. The molecular weight excluding hydrogens is 332 g/mol. The Bertz CT molecular complexity index is 755. The van der Waals surface area contributed by atoms with E-state index in [0.717, 1.165) is 11.3 Å². The minimum absolute atomic E-state index is 0.0503. The molecule has 136 valence electrons. The van der Waals surface area contributed by atoms with Gasteiger partial charge in [0.25, 0.3) is 0 Å². The third-order valence-corrected chi connectivity index (χ3v) is 4.33. The fraction of sp³-hybridized carbons (Fsp3) is 0.300. The van der Waals surface area contributed by atoms with Gasteiger partial charge in [-0.05, 0) is 29.8 Å². The number of methoxy groups -OCH3 is 1. The third-order valence-electron chi connectivity index (χ3n) is 4.33. The van der Waals surface area contributed by atoms with Gasteiger partial charge in [-0.25, -0.2) is 4.79 Å². The second-order valence-corrected chi connectivity index (χ2v) is 6.08. The van der Waals surface area contributed by atoms with Crippen LogP contribution in [-0.4, -0.2) is 55.1 Å². The summed E-state index contributed by atoms with van der Waals surface area (Å²) in [5.41, 5.74) is 0.917. The molecule has 1 saturated heterocycles. The molecule has 2 amide bonds. The Kier molecular flexibility index (Phi) is 5.73. The number of amides is 2. The number of rotatable bonds is 4. The molecule has 0 bridgehead atoms. The number of para-hydroxylation sites is 1. The van der Waals surface area contributed by atoms with E-state index in [0.29, 0.717) is 38.3 Å². The third kappa shape index (κ3) is 4.53. The molecule has 1 heterocycles. The Hall–Kier alpha value is -3.02. The molecule has 0 spiro atoms. The number of ether oxygens (including phenoxy) is 2. The summed E-state index contributed by atoms with van der Waals surface area (Å²) in [6.07, 6.45) is -0.0536. The van der Waals surface area contributed by atoms with E-state index in [4.69, 9.17) is 9.47 Å². The molecule has 1 aliphatic heterocycles. The first kappa shape index (κ1) is 17.8. The molecule has 0 N–H and O–H groups in total. The van der Waals surface area contributed by atoms with Gasteiger partial charge in [0.1, 0.15) is 11.5 Å². The van der Waals surface area contributed by atoms with Crippen LogP contribution in [0.2, 0.25) is 0 Å². The topological polar surface area (TPSA) is 59.1 Å². The first-order valence-electron chi connectivity index (χ1n) is 8.58. The fourth-order valence-electron chi connectivity index (χ4n) is 2.86.